The van der Waals surface area contributed by atoms with E-state index in [1.165, 1.54) is 7.11 Å². The summed E-state index contributed by atoms with van der Waals surface area (Å²) in [6, 6.07) is 0. The van der Waals surface area contributed by atoms with Crippen molar-refractivity contribution in [3.63, 3.8) is 0 Å². The first kappa shape index (κ1) is 8.81. The largest absolute Gasteiger partial charge is 0.469 e. The number of fused-ring (bicyclic) bond motifs is 1. The van der Waals surface area contributed by atoms with E-state index in [9.17, 15) is 4.79 Å². The van der Waals surface area contributed by atoms with Crippen LogP contribution in [0.4, 0.5) is 0 Å². The zero-order chi connectivity index (χ0) is 7.14. The molecule has 11 heavy (non-hydrogen) atoms. The molecule has 0 aromatic heterocycles. The highest BCUT2D eigenvalue weighted by Gasteiger charge is 2.57. The van der Waals surface area contributed by atoms with Gasteiger partial charge in [0.05, 0.1) is 13.0 Å². The Kier molecular flexibility index (Phi) is 2.40. The maximum atomic E-state index is 10.9. The quantitative estimate of drug-likeness (QED) is 0.576. The van der Waals surface area contributed by atoms with Gasteiger partial charge in [-0.3, -0.25) is 4.79 Å². The average molecular weight is 178 g/mol. The van der Waals surface area contributed by atoms with Gasteiger partial charge in [-0.15, -0.1) is 12.4 Å². The van der Waals surface area contributed by atoms with Gasteiger partial charge in [-0.2, -0.15) is 0 Å². The first-order valence-electron chi connectivity index (χ1n) is 3.63. The minimum atomic E-state index is -0.0171. The lowest BCUT2D eigenvalue weighted by atomic mass is 10.3. The second-order valence-electron chi connectivity index (χ2n) is 3.03. The standard InChI is InChI=1S/C7H11NO2.ClH/c1-10-7(9)6-4-2-8-3-5(4)6;/h4-6,8H,2-3H2,1H3;1H. The fraction of sp³-hybridized carbons (Fsp3) is 0.857. The Morgan fingerprint density at radius 1 is 1.45 bits per heavy atom. The van der Waals surface area contributed by atoms with Crippen molar-refractivity contribution in [1.82, 2.24) is 5.32 Å². The molecule has 1 saturated heterocycles. The molecule has 2 unspecified atom stereocenters. The van der Waals surface area contributed by atoms with E-state index in [1.54, 1.807) is 0 Å². The Morgan fingerprint density at radius 3 is 2.45 bits per heavy atom. The number of methoxy groups -OCH3 is 1. The molecule has 4 heteroatoms. The number of hydrogen-bond donors (Lipinski definition) is 1. The van der Waals surface area contributed by atoms with E-state index in [4.69, 9.17) is 0 Å². The van der Waals surface area contributed by atoms with Gasteiger partial charge in [-0.25, -0.2) is 0 Å². The number of rotatable bonds is 1. The van der Waals surface area contributed by atoms with Crippen LogP contribution >= 0.6 is 12.4 Å². The Morgan fingerprint density at radius 2 is 2.00 bits per heavy atom. The first-order valence-corrected chi connectivity index (χ1v) is 3.63. The van der Waals surface area contributed by atoms with Crippen LogP contribution in [-0.4, -0.2) is 26.2 Å². The third kappa shape index (κ3) is 1.23. The van der Waals surface area contributed by atoms with E-state index in [-0.39, 0.29) is 24.3 Å². The summed E-state index contributed by atoms with van der Waals surface area (Å²) >= 11 is 0. The molecular formula is C7H12ClNO2. The number of hydrogen-bond acceptors (Lipinski definition) is 3. The van der Waals surface area contributed by atoms with Gasteiger partial charge in [-0.05, 0) is 24.9 Å². The van der Waals surface area contributed by atoms with Crippen LogP contribution in [0.25, 0.3) is 0 Å². The van der Waals surface area contributed by atoms with Crippen LogP contribution in [0.5, 0.6) is 0 Å². The fourth-order valence-corrected chi connectivity index (χ4v) is 1.90. The molecule has 0 spiro atoms. The molecule has 2 fully saturated rings. The van der Waals surface area contributed by atoms with Crippen molar-refractivity contribution in [3.05, 3.63) is 0 Å². The van der Waals surface area contributed by atoms with Gasteiger partial charge in [0.1, 0.15) is 0 Å². The molecule has 0 radical (unpaired) electrons. The van der Waals surface area contributed by atoms with E-state index in [1.807, 2.05) is 0 Å². The number of piperidine rings is 1. The SMILES string of the molecule is COC(=O)C1C2CNCC21.Cl. The Bertz CT molecular complexity index is 164. The van der Waals surface area contributed by atoms with Gasteiger partial charge >= 0.3 is 5.97 Å². The van der Waals surface area contributed by atoms with Crippen LogP contribution < -0.4 is 5.32 Å². The normalized spacial score (nSPS) is 38.8. The highest BCUT2D eigenvalue weighted by atomic mass is 35.5. The smallest absolute Gasteiger partial charge is 0.309 e. The average Bonchev–Trinajstić information content (AvgIpc) is 2.43. The molecule has 1 N–H and O–H groups in total. The van der Waals surface area contributed by atoms with Crippen LogP contribution in [-0.2, 0) is 9.53 Å². The van der Waals surface area contributed by atoms with E-state index in [0.717, 1.165) is 13.1 Å². The minimum Gasteiger partial charge on any atom is -0.469 e. The van der Waals surface area contributed by atoms with Crippen LogP contribution in [0.1, 0.15) is 0 Å². The monoisotopic (exact) mass is 177 g/mol. The summed E-state index contributed by atoms with van der Waals surface area (Å²) < 4.78 is 4.64. The highest BCUT2D eigenvalue weighted by molar-refractivity contribution is 5.85. The zero-order valence-electron chi connectivity index (χ0n) is 6.37. The second kappa shape index (κ2) is 2.99. The van der Waals surface area contributed by atoms with Gasteiger partial charge in [0, 0.05) is 0 Å². The van der Waals surface area contributed by atoms with Crippen LogP contribution in [0.2, 0.25) is 0 Å². The lowest BCUT2D eigenvalue weighted by Crippen LogP contribution is -2.19. The van der Waals surface area contributed by atoms with E-state index >= 15 is 0 Å². The fourth-order valence-electron chi connectivity index (χ4n) is 1.90. The number of carbonyl (C=O) groups excluding carboxylic acids is 1. The second-order valence-corrected chi connectivity index (χ2v) is 3.03. The maximum absolute atomic E-state index is 10.9. The first-order chi connectivity index (χ1) is 4.84. The molecule has 0 aromatic carbocycles. The maximum Gasteiger partial charge on any atom is 0.309 e. The summed E-state index contributed by atoms with van der Waals surface area (Å²) in [7, 11) is 1.46. The summed E-state index contributed by atoms with van der Waals surface area (Å²) in [5.74, 6) is 1.39. The van der Waals surface area contributed by atoms with Crippen molar-refractivity contribution >= 4 is 18.4 Å². The van der Waals surface area contributed by atoms with E-state index in [2.05, 4.69) is 10.1 Å². The third-order valence-electron chi connectivity index (χ3n) is 2.57. The molecule has 1 saturated carbocycles. The topological polar surface area (TPSA) is 38.3 Å². The molecule has 2 rings (SSSR count). The van der Waals surface area contributed by atoms with Crippen molar-refractivity contribution in [3.8, 4) is 0 Å². The van der Waals surface area contributed by atoms with Gasteiger partial charge in [0.2, 0.25) is 0 Å². The van der Waals surface area contributed by atoms with Crippen molar-refractivity contribution in [2.45, 2.75) is 0 Å². The van der Waals surface area contributed by atoms with Crippen molar-refractivity contribution in [2.24, 2.45) is 17.8 Å². The Hall–Kier alpha value is -0.280. The highest BCUT2D eigenvalue weighted by Crippen LogP contribution is 2.49. The minimum absolute atomic E-state index is 0. The Balaban J connectivity index is 0.000000605. The predicted octanol–water partition coefficient (Wildman–Crippen LogP) is 0.0466. The molecule has 1 heterocycles. The number of nitrogens with one attached hydrogen (secondary N) is 1. The van der Waals surface area contributed by atoms with E-state index < -0.39 is 0 Å². The summed E-state index contributed by atoms with van der Waals surface area (Å²) in [5, 5.41) is 3.22. The number of halogens is 1. The summed E-state index contributed by atoms with van der Waals surface area (Å²) in [5.41, 5.74) is 0. The molecule has 0 aromatic rings. The molecule has 0 amide bonds. The molecule has 2 atom stereocenters. The lowest BCUT2D eigenvalue weighted by molar-refractivity contribution is -0.143. The van der Waals surface area contributed by atoms with Gasteiger partial charge in [0.15, 0.2) is 0 Å². The molecule has 0 bridgehead atoms. The number of esters is 1. The molecule has 64 valence electrons. The van der Waals surface area contributed by atoms with Crippen molar-refractivity contribution in [1.29, 1.82) is 0 Å². The lowest BCUT2D eigenvalue weighted by Gasteiger charge is -2.00. The van der Waals surface area contributed by atoms with Gasteiger partial charge in [0.25, 0.3) is 0 Å². The summed E-state index contributed by atoms with van der Waals surface area (Å²) in [6.07, 6.45) is 0. The van der Waals surface area contributed by atoms with Crippen LogP contribution in [0.15, 0.2) is 0 Å². The summed E-state index contributed by atoms with van der Waals surface area (Å²) in [4.78, 5) is 10.9. The molecular weight excluding hydrogens is 166 g/mol. The molecule has 1 aliphatic carbocycles. The van der Waals surface area contributed by atoms with Crippen molar-refractivity contribution < 1.29 is 9.53 Å². The third-order valence-corrected chi connectivity index (χ3v) is 2.57. The van der Waals surface area contributed by atoms with E-state index in [0.29, 0.717) is 11.8 Å². The van der Waals surface area contributed by atoms with Crippen LogP contribution in [0.3, 0.4) is 0 Å². The zero-order valence-corrected chi connectivity index (χ0v) is 7.19. The molecule has 3 nitrogen and oxygen atoms in total. The number of carbonyl (C=O) groups is 1. The number of ether oxygens (including phenoxy) is 1. The van der Waals surface area contributed by atoms with Gasteiger partial charge < -0.3 is 10.1 Å². The van der Waals surface area contributed by atoms with Crippen molar-refractivity contribution in [2.75, 3.05) is 20.2 Å². The summed E-state index contributed by atoms with van der Waals surface area (Å²) in [6.45, 7) is 2.01. The van der Waals surface area contributed by atoms with Crippen LogP contribution in [0, 0.1) is 17.8 Å². The van der Waals surface area contributed by atoms with Gasteiger partial charge in [-0.1, -0.05) is 0 Å². The predicted molar refractivity (Wildman–Crippen MR) is 42.6 cm³/mol. The Labute approximate surface area is 71.9 Å². The molecule has 2 aliphatic rings. The molecule has 1 aliphatic heterocycles.